The SMILES string of the molecule is C=C/C=C/c1cc(Cc2ccc(Cl)cc2)cc(C(F)(F)F)n1. The van der Waals surface area contributed by atoms with Gasteiger partial charge in [-0.25, -0.2) is 4.98 Å². The van der Waals surface area contributed by atoms with Gasteiger partial charge in [0.05, 0.1) is 5.69 Å². The number of halogens is 4. The third-order valence-electron chi connectivity index (χ3n) is 2.92. The Kier molecular flexibility index (Phi) is 5.03. The van der Waals surface area contributed by atoms with E-state index < -0.39 is 11.9 Å². The summed E-state index contributed by atoms with van der Waals surface area (Å²) < 4.78 is 38.8. The first kappa shape index (κ1) is 16.3. The molecule has 0 aliphatic heterocycles. The van der Waals surface area contributed by atoms with E-state index >= 15 is 0 Å². The average molecular weight is 324 g/mol. The van der Waals surface area contributed by atoms with E-state index in [4.69, 9.17) is 11.6 Å². The first-order valence-electron chi connectivity index (χ1n) is 6.50. The normalized spacial score (nSPS) is 11.8. The van der Waals surface area contributed by atoms with Gasteiger partial charge in [-0.15, -0.1) is 0 Å². The van der Waals surface area contributed by atoms with Gasteiger partial charge in [0.2, 0.25) is 0 Å². The molecule has 1 aromatic heterocycles. The fraction of sp³-hybridized carbons (Fsp3) is 0.118. The lowest BCUT2D eigenvalue weighted by Gasteiger charge is -2.10. The molecule has 2 aromatic rings. The molecule has 0 N–H and O–H groups in total. The van der Waals surface area contributed by atoms with Crippen molar-refractivity contribution in [2.75, 3.05) is 0 Å². The minimum absolute atomic E-state index is 0.249. The number of hydrogen-bond donors (Lipinski definition) is 0. The average Bonchev–Trinajstić information content (AvgIpc) is 2.46. The highest BCUT2D eigenvalue weighted by atomic mass is 35.5. The molecule has 22 heavy (non-hydrogen) atoms. The molecule has 0 saturated heterocycles. The molecule has 0 unspecified atom stereocenters. The molecule has 0 radical (unpaired) electrons. The first-order valence-corrected chi connectivity index (χ1v) is 6.88. The number of alkyl halides is 3. The Labute approximate surface area is 131 Å². The van der Waals surface area contributed by atoms with Crippen LogP contribution >= 0.6 is 11.6 Å². The van der Waals surface area contributed by atoms with Crippen LogP contribution in [0.1, 0.15) is 22.5 Å². The molecule has 0 bridgehead atoms. The second kappa shape index (κ2) is 6.79. The van der Waals surface area contributed by atoms with Gasteiger partial charge in [0.1, 0.15) is 5.69 Å². The van der Waals surface area contributed by atoms with Gasteiger partial charge in [-0.3, -0.25) is 0 Å². The number of benzene rings is 1. The van der Waals surface area contributed by atoms with Gasteiger partial charge >= 0.3 is 6.18 Å². The molecular weight excluding hydrogens is 311 g/mol. The van der Waals surface area contributed by atoms with Crippen LogP contribution in [-0.2, 0) is 12.6 Å². The molecule has 0 spiro atoms. The molecule has 0 amide bonds. The predicted octanol–water partition coefficient (Wildman–Crippen LogP) is 5.54. The van der Waals surface area contributed by atoms with Crippen molar-refractivity contribution in [3.63, 3.8) is 0 Å². The zero-order chi connectivity index (χ0) is 16.2. The molecule has 114 valence electrons. The summed E-state index contributed by atoms with van der Waals surface area (Å²) in [4.78, 5) is 3.62. The van der Waals surface area contributed by atoms with Crippen LogP contribution in [0.4, 0.5) is 13.2 Å². The second-order valence-corrected chi connectivity index (χ2v) is 5.12. The van der Waals surface area contributed by atoms with Gasteiger partial charge in [-0.1, -0.05) is 42.5 Å². The Morgan fingerprint density at radius 1 is 1.09 bits per heavy atom. The van der Waals surface area contributed by atoms with Gasteiger partial charge in [-0.2, -0.15) is 13.2 Å². The first-order chi connectivity index (χ1) is 10.4. The van der Waals surface area contributed by atoms with E-state index in [0.717, 1.165) is 11.6 Å². The fourth-order valence-corrected chi connectivity index (χ4v) is 2.07. The van der Waals surface area contributed by atoms with Crippen LogP contribution in [0.2, 0.25) is 5.02 Å². The fourth-order valence-electron chi connectivity index (χ4n) is 1.95. The summed E-state index contributed by atoms with van der Waals surface area (Å²) in [6, 6.07) is 9.69. The van der Waals surface area contributed by atoms with Gasteiger partial charge in [0, 0.05) is 5.02 Å². The van der Waals surface area contributed by atoms with E-state index in [1.165, 1.54) is 12.2 Å². The van der Waals surface area contributed by atoms with Crippen LogP contribution in [0.15, 0.2) is 55.1 Å². The third kappa shape index (κ3) is 4.46. The highest BCUT2D eigenvalue weighted by Gasteiger charge is 2.33. The molecule has 0 fully saturated rings. The Hall–Kier alpha value is -2.07. The van der Waals surface area contributed by atoms with Crippen LogP contribution in [0.3, 0.4) is 0 Å². The number of hydrogen-bond acceptors (Lipinski definition) is 1. The highest BCUT2D eigenvalue weighted by Crippen LogP contribution is 2.29. The summed E-state index contributed by atoms with van der Waals surface area (Å²) in [5, 5.41) is 0.587. The summed E-state index contributed by atoms with van der Waals surface area (Å²) in [6.07, 6.45) is 0.424. The number of nitrogens with zero attached hydrogens (tertiary/aromatic N) is 1. The summed E-state index contributed by atoms with van der Waals surface area (Å²) in [5.41, 5.74) is 0.761. The van der Waals surface area contributed by atoms with Crippen molar-refractivity contribution in [2.45, 2.75) is 12.6 Å². The Bertz CT molecular complexity index is 688. The zero-order valence-electron chi connectivity index (χ0n) is 11.6. The van der Waals surface area contributed by atoms with Crippen molar-refractivity contribution in [3.05, 3.63) is 82.7 Å². The topological polar surface area (TPSA) is 12.9 Å². The molecule has 0 saturated carbocycles. The maximum Gasteiger partial charge on any atom is 0.433 e. The number of rotatable bonds is 4. The molecule has 0 aliphatic rings. The summed E-state index contributed by atoms with van der Waals surface area (Å²) in [7, 11) is 0. The van der Waals surface area contributed by atoms with Crippen molar-refractivity contribution in [1.82, 2.24) is 4.98 Å². The van der Waals surface area contributed by atoms with Crippen molar-refractivity contribution >= 4 is 17.7 Å². The van der Waals surface area contributed by atoms with Crippen molar-refractivity contribution in [2.24, 2.45) is 0 Å². The van der Waals surface area contributed by atoms with Crippen LogP contribution in [0.25, 0.3) is 6.08 Å². The van der Waals surface area contributed by atoms with Crippen LogP contribution in [0.5, 0.6) is 0 Å². The smallest absolute Gasteiger partial charge is 0.244 e. The Morgan fingerprint density at radius 3 is 2.36 bits per heavy atom. The lowest BCUT2D eigenvalue weighted by molar-refractivity contribution is -0.141. The third-order valence-corrected chi connectivity index (χ3v) is 3.17. The standard InChI is InChI=1S/C17H13ClF3N/c1-2-3-4-15-10-13(11-16(22-15)17(19,20)21)9-12-5-7-14(18)8-6-12/h2-8,10-11H,1,9H2/b4-3+. The predicted molar refractivity (Wildman–Crippen MR) is 82.7 cm³/mol. The van der Waals surface area contributed by atoms with Gasteiger partial charge in [0.25, 0.3) is 0 Å². The van der Waals surface area contributed by atoms with Crippen molar-refractivity contribution in [3.8, 4) is 0 Å². The monoisotopic (exact) mass is 323 g/mol. The van der Waals surface area contributed by atoms with Crippen molar-refractivity contribution in [1.29, 1.82) is 0 Å². The molecule has 2 rings (SSSR count). The molecular formula is C17H13ClF3N. The molecule has 1 aromatic carbocycles. The van der Waals surface area contributed by atoms with E-state index in [-0.39, 0.29) is 5.69 Å². The van der Waals surface area contributed by atoms with Crippen LogP contribution in [0, 0.1) is 0 Å². The molecule has 1 nitrogen and oxygen atoms in total. The number of aromatic nitrogens is 1. The zero-order valence-corrected chi connectivity index (χ0v) is 12.3. The summed E-state index contributed by atoms with van der Waals surface area (Å²) in [5.74, 6) is 0. The van der Waals surface area contributed by atoms with Gasteiger partial charge < -0.3 is 0 Å². The summed E-state index contributed by atoms with van der Waals surface area (Å²) in [6.45, 7) is 3.50. The van der Waals surface area contributed by atoms with E-state index in [1.807, 2.05) is 0 Å². The molecule has 5 heteroatoms. The van der Waals surface area contributed by atoms with E-state index in [0.29, 0.717) is 17.0 Å². The largest absolute Gasteiger partial charge is 0.433 e. The van der Waals surface area contributed by atoms with Crippen LogP contribution < -0.4 is 0 Å². The maximum absolute atomic E-state index is 12.9. The van der Waals surface area contributed by atoms with Crippen LogP contribution in [-0.4, -0.2) is 4.98 Å². The van der Waals surface area contributed by atoms with Gasteiger partial charge in [-0.05, 0) is 47.9 Å². The molecule has 0 aliphatic carbocycles. The highest BCUT2D eigenvalue weighted by molar-refractivity contribution is 6.30. The van der Waals surface area contributed by atoms with E-state index in [9.17, 15) is 13.2 Å². The van der Waals surface area contributed by atoms with E-state index in [1.54, 1.807) is 36.4 Å². The lowest BCUT2D eigenvalue weighted by atomic mass is 10.0. The Morgan fingerprint density at radius 2 is 1.77 bits per heavy atom. The maximum atomic E-state index is 12.9. The number of allylic oxidation sites excluding steroid dienone is 2. The minimum Gasteiger partial charge on any atom is -0.244 e. The van der Waals surface area contributed by atoms with Crippen molar-refractivity contribution < 1.29 is 13.2 Å². The van der Waals surface area contributed by atoms with E-state index in [2.05, 4.69) is 11.6 Å². The minimum atomic E-state index is -4.48. The summed E-state index contributed by atoms with van der Waals surface area (Å²) >= 11 is 5.80. The number of pyridine rings is 1. The van der Waals surface area contributed by atoms with Gasteiger partial charge in [0.15, 0.2) is 0 Å². The lowest BCUT2D eigenvalue weighted by Crippen LogP contribution is -2.09. The molecule has 1 heterocycles. The quantitative estimate of drug-likeness (QED) is 0.673. The molecule has 0 atom stereocenters. The second-order valence-electron chi connectivity index (χ2n) is 4.68. The Balaban J connectivity index is 2.38.